The fourth-order valence-corrected chi connectivity index (χ4v) is 8.35. The molecule has 3 nitrogen and oxygen atoms in total. The van der Waals surface area contributed by atoms with Gasteiger partial charge >= 0.3 is 0 Å². The highest BCUT2D eigenvalue weighted by molar-refractivity contribution is 6.28. The van der Waals surface area contributed by atoms with Crippen molar-refractivity contribution in [1.82, 2.24) is 9.55 Å². The summed E-state index contributed by atoms with van der Waals surface area (Å²) in [5.41, 5.74) is 13.0. The molecule has 242 valence electrons. The number of benzene rings is 8. The highest BCUT2D eigenvalue weighted by atomic mass is 16.3. The van der Waals surface area contributed by atoms with Gasteiger partial charge in [0, 0.05) is 54.5 Å². The van der Waals surface area contributed by atoms with E-state index in [9.17, 15) is 0 Å². The molecule has 0 fully saturated rings. The van der Waals surface area contributed by atoms with Gasteiger partial charge in [-0.1, -0.05) is 140 Å². The van der Waals surface area contributed by atoms with Crippen LogP contribution in [-0.2, 0) is 0 Å². The molecule has 0 amide bonds. The van der Waals surface area contributed by atoms with Crippen LogP contribution in [0.25, 0.3) is 105 Å². The number of furan rings is 1. The fraction of sp³-hybridized carbons (Fsp3) is 0. The van der Waals surface area contributed by atoms with Gasteiger partial charge < -0.3 is 8.98 Å². The zero-order chi connectivity index (χ0) is 34.2. The van der Waals surface area contributed by atoms with Crippen LogP contribution in [0.1, 0.15) is 0 Å². The smallest absolute Gasteiger partial charge is 0.136 e. The van der Waals surface area contributed by atoms with Crippen molar-refractivity contribution in [3.8, 4) is 39.2 Å². The predicted molar refractivity (Wildman–Crippen MR) is 217 cm³/mol. The highest BCUT2D eigenvalue weighted by Crippen LogP contribution is 2.47. The maximum absolute atomic E-state index is 6.62. The van der Waals surface area contributed by atoms with Gasteiger partial charge in [0.15, 0.2) is 0 Å². The van der Waals surface area contributed by atoms with Crippen molar-refractivity contribution in [2.75, 3.05) is 0 Å². The second-order valence-electron chi connectivity index (χ2n) is 13.5. The quantitative estimate of drug-likeness (QED) is 0.176. The third-order valence-corrected chi connectivity index (χ3v) is 10.6. The first kappa shape index (κ1) is 28.8. The minimum absolute atomic E-state index is 0.862. The van der Waals surface area contributed by atoms with Gasteiger partial charge in [-0.05, 0) is 59.2 Å². The number of hydrogen-bond acceptors (Lipinski definition) is 2. The van der Waals surface area contributed by atoms with Crippen molar-refractivity contribution in [3.05, 3.63) is 182 Å². The first-order chi connectivity index (χ1) is 25.8. The van der Waals surface area contributed by atoms with E-state index in [1.807, 2.05) is 6.07 Å². The molecular weight excluding hydrogens is 633 g/mol. The monoisotopic (exact) mass is 662 g/mol. The van der Waals surface area contributed by atoms with Crippen molar-refractivity contribution >= 4 is 65.4 Å². The highest BCUT2D eigenvalue weighted by Gasteiger charge is 2.22. The van der Waals surface area contributed by atoms with Crippen LogP contribution >= 0.6 is 0 Å². The Balaban J connectivity index is 1.20. The molecule has 0 spiro atoms. The van der Waals surface area contributed by atoms with E-state index >= 15 is 0 Å². The summed E-state index contributed by atoms with van der Waals surface area (Å²) < 4.78 is 8.99. The number of hydrogen-bond donors (Lipinski definition) is 0. The fourth-order valence-electron chi connectivity index (χ4n) is 8.35. The van der Waals surface area contributed by atoms with E-state index in [4.69, 9.17) is 9.40 Å². The summed E-state index contributed by atoms with van der Waals surface area (Å²) in [6.45, 7) is 0. The maximum atomic E-state index is 6.62. The molecule has 3 aromatic heterocycles. The Morgan fingerprint density at radius 3 is 1.88 bits per heavy atom. The lowest BCUT2D eigenvalue weighted by atomic mass is 9.88. The Kier molecular flexibility index (Phi) is 6.25. The van der Waals surface area contributed by atoms with Crippen LogP contribution < -0.4 is 0 Å². The van der Waals surface area contributed by atoms with Crippen LogP contribution in [0.2, 0.25) is 0 Å². The minimum atomic E-state index is 0.862. The Bertz CT molecular complexity index is 3150. The van der Waals surface area contributed by atoms with Gasteiger partial charge in [-0.25, -0.2) is 4.98 Å². The van der Waals surface area contributed by atoms with E-state index in [1.54, 1.807) is 0 Å². The second-order valence-corrected chi connectivity index (χ2v) is 13.5. The standard InChI is InChI=1S/C49H30N2O/c1-3-14-33(15-4-1)49-39-30-44-48(38-20-9-12-25-43(38)52-44)45(47(39)36-18-7-10-22-40(36)50-49)32-28-26-31(27-29-32)35-21-13-24-42-46(35)37-19-8-11-23-41(37)51(42)34-16-5-2-6-17-34/h1-30H. The van der Waals surface area contributed by atoms with E-state index < -0.39 is 0 Å². The third kappa shape index (κ3) is 4.23. The van der Waals surface area contributed by atoms with Gasteiger partial charge in [0.1, 0.15) is 11.2 Å². The number of fused-ring (bicyclic) bond motifs is 9. The first-order valence-electron chi connectivity index (χ1n) is 17.7. The topological polar surface area (TPSA) is 31.0 Å². The molecule has 3 heteroatoms. The van der Waals surface area contributed by atoms with Crippen LogP contribution in [0, 0.1) is 0 Å². The van der Waals surface area contributed by atoms with E-state index in [2.05, 4.69) is 180 Å². The van der Waals surface area contributed by atoms with Gasteiger partial charge in [0.05, 0.1) is 22.2 Å². The van der Waals surface area contributed by atoms with Crippen LogP contribution in [0.4, 0.5) is 0 Å². The number of nitrogens with zero attached hydrogens (tertiary/aromatic N) is 2. The first-order valence-corrected chi connectivity index (χ1v) is 17.7. The van der Waals surface area contributed by atoms with Crippen molar-refractivity contribution in [1.29, 1.82) is 0 Å². The summed E-state index contributed by atoms with van der Waals surface area (Å²) in [5, 5.41) is 8.13. The van der Waals surface area contributed by atoms with E-state index in [0.29, 0.717) is 0 Å². The van der Waals surface area contributed by atoms with Gasteiger partial charge in [-0.15, -0.1) is 0 Å². The molecule has 0 bridgehead atoms. The molecule has 0 aliphatic rings. The Morgan fingerprint density at radius 1 is 0.404 bits per heavy atom. The van der Waals surface area contributed by atoms with Crippen LogP contribution in [-0.4, -0.2) is 9.55 Å². The average molecular weight is 663 g/mol. The van der Waals surface area contributed by atoms with E-state index in [-0.39, 0.29) is 0 Å². The molecular formula is C49H30N2O. The molecule has 0 unspecified atom stereocenters. The summed E-state index contributed by atoms with van der Waals surface area (Å²) in [6.07, 6.45) is 0. The Labute approximate surface area is 299 Å². The molecule has 0 aliphatic carbocycles. The minimum Gasteiger partial charge on any atom is -0.456 e. The van der Waals surface area contributed by atoms with E-state index in [1.165, 1.54) is 43.9 Å². The predicted octanol–water partition coefficient (Wildman–Crippen LogP) is 13.4. The summed E-state index contributed by atoms with van der Waals surface area (Å²) in [4.78, 5) is 5.26. The molecule has 0 N–H and O–H groups in total. The molecule has 8 aromatic carbocycles. The Morgan fingerprint density at radius 2 is 1.06 bits per heavy atom. The molecule has 11 aromatic rings. The number of pyridine rings is 1. The van der Waals surface area contributed by atoms with E-state index in [0.717, 1.165) is 60.7 Å². The number of rotatable bonds is 4. The van der Waals surface area contributed by atoms with Crippen molar-refractivity contribution in [2.45, 2.75) is 0 Å². The summed E-state index contributed by atoms with van der Waals surface area (Å²) in [7, 11) is 0. The zero-order valence-electron chi connectivity index (χ0n) is 28.1. The lowest BCUT2D eigenvalue weighted by Crippen LogP contribution is -1.93. The average Bonchev–Trinajstić information content (AvgIpc) is 3.76. The van der Waals surface area contributed by atoms with Crippen LogP contribution in [0.3, 0.4) is 0 Å². The summed E-state index contributed by atoms with van der Waals surface area (Å²) in [5.74, 6) is 0. The lowest BCUT2D eigenvalue weighted by molar-refractivity contribution is 0.669. The molecule has 3 heterocycles. The van der Waals surface area contributed by atoms with Gasteiger partial charge in [-0.2, -0.15) is 0 Å². The van der Waals surface area contributed by atoms with Crippen molar-refractivity contribution in [3.63, 3.8) is 0 Å². The van der Waals surface area contributed by atoms with Gasteiger partial charge in [0.25, 0.3) is 0 Å². The normalized spacial score (nSPS) is 11.8. The lowest BCUT2D eigenvalue weighted by Gasteiger charge is -2.16. The largest absolute Gasteiger partial charge is 0.456 e. The molecule has 0 saturated carbocycles. The number of para-hydroxylation sites is 4. The molecule has 11 rings (SSSR count). The molecule has 52 heavy (non-hydrogen) atoms. The second kappa shape index (κ2) is 11.3. The summed E-state index contributed by atoms with van der Waals surface area (Å²) in [6, 6.07) is 64.8. The maximum Gasteiger partial charge on any atom is 0.136 e. The molecule has 0 saturated heterocycles. The van der Waals surface area contributed by atoms with Gasteiger partial charge in [-0.3, -0.25) is 0 Å². The number of aromatic nitrogens is 2. The third-order valence-electron chi connectivity index (χ3n) is 10.6. The summed E-state index contributed by atoms with van der Waals surface area (Å²) >= 11 is 0. The van der Waals surface area contributed by atoms with Gasteiger partial charge in [0.2, 0.25) is 0 Å². The van der Waals surface area contributed by atoms with Crippen molar-refractivity contribution < 1.29 is 4.42 Å². The Hall–Kier alpha value is -6.97. The zero-order valence-corrected chi connectivity index (χ0v) is 28.1. The van der Waals surface area contributed by atoms with Crippen molar-refractivity contribution in [2.24, 2.45) is 0 Å². The molecule has 0 radical (unpaired) electrons. The molecule has 0 atom stereocenters. The van der Waals surface area contributed by atoms with Crippen LogP contribution in [0.15, 0.2) is 186 Å². The molecule has 0 aliphatic heterocycles. The van der Waals surface area contributed by atoms with Crippen LogP contribution in [0.5, 0.6) is 0 Å². The SMILES string of the molecule is c1ccc(-c2nc3ccccc3c3c(-c4ccc(-c5cccc6c5c5ccccc5n6-c5ccccc5)cc4)c4c(cc23)oc2ccccc24)cc1.